The number of ether oxygens (including phenoxy) is 1. The second-order valence-corrected chi connectivity index (χ2v) is 2.86. The Morgan fingerprint density at radius 1 is 1.27 bits per heavy atom. The van der Waals surface area contributed by atoms with Gasteiger partial charge in [0.2, 0.25) is 0 Å². The molecule has 2 N–H and O–H groups in total. The summed E-state index contributed by atoms with van der Waals surface area (Å²) in [5, 5.41) is 0. The fraction of sp³-hybridized carbons (Fsp3) is 0.333. The van der Waals surface area contributed by atoms with Crippen molar-refractivity contribution in [2.24, 2.45) is 5.73 Å². The monoisotopic (exact) mass is 223 g/mol. The highest BCUT2D eigenvalue weighted by molar-refractivity contribution is 5.29. The van der Waals surface area contributed by atoms with Crippen LogP contribution in [-0.4, -0.2) is 12.8 Å². The first-order valence-electron chi connectivity index (χ1n) is 4.10. The lowest BCUT2D eigenvalue weighted by Crippen LogP contribution is -2.19. The first-order chi connectivity index (χ1) is 6.92. The minimum absolute atomic E-state index is 0.0471. The van der Waals surface area contributed by atoms with Gasteiger partial charge in [-0.15, -0.1) is 0 Å². The molecule has 0 unspecified atom stereocenters. The molecule has 0 aliphatic rings. The molecule has 1 aromatic carbocycles. The normalized spacial score (nSPS) is 11.5. The molecule has 0 heterocycles. The number of rotatable bonds is 3. The van der Waals surface area contributed by atoms with E-state index in [2.05, 4.69) is 4.74 Å². The molecule has 1 rings (SSSR count). The Morgan fingerprint density at radius 2 is 1.93 bits per heavy atom. The number of benzene rings is 1. The lowest BCUT2D eigenvalue weighted by Gasteiger charge is -2.10. The van der Waals surface area contributed by atoms with Crippen LogP contribution >= 0.6 is 0 Å². The topological polar surface area (TPSA) is 35.2 Å². The molecule has 0 fully saturated rings. The highest BCUT2D eigenvalue weighted by atomic mass is 19.4. The summed E-state index contributed by atoms with van der Waals surface area (Å²) in [4.78, 5) is 0. The van der Waals surface area contributed by atoms with Gasteiger partial charge in [0.1, 0.15) is 11.6 Å². The van der Waals surface area contributed by atoms with Crippen LogP contribution in [0.5, 0.6) is 5.75 Å². The molecular weight excluding hydrogens is 214 g/mol. The molecule has 0 radical (unpaired) electrons. The van der Waals surface area contributed by atoms with Gasteiger partial charge in [-0.25, -0.2) is 4.39 Å². The molecule has 15 heavy (non-hydrogen) atoms. The summed E-state index contributed by atoms with van der Waals surface area (Å²) in [6, 6.07) is 3.30. The summed E-state index contributed by atoms with van der Waals surface area (Å²) in [7, 11) is 0. The highest BCUT2D eigenvalue weighted by Gasteiger charge is 2.28. The van der Waals surface area contributed by atoms with Crippen molar-refractivity contribution in [1.29, 1.82) is 0 Å². The van der Waals surface area contributed by atoms with Crippen molar-refractivity contribution in [3.8, 4) is 5.75 Å². The predicted molar refractivity (Wildman–Crippen MR) is 45.8 cm³/mol. The van der Waals surface area contributed by atoms with E-state index < -0.39 is 18.6 Å². The Labute approximate surface area is 83.6 Å². The van der Waals surface area contributed by atoms with Crippen LogP contribution in [0.4, 0.5) is 17.6 Å². The van der Waals surface area contributed by atoms with Gasteiger partial charge in [0.25, 0.3) is 0 Å². The van der Waals surface area contributed by atoms with Crippen molar-refractivity contribution >= 4 is 0 Å². The van der Waals surface area contributed by atoms with Crippen molar-refractivity contribution in [3.63, 3.8) is 0 Å². The molecule has 0 aromatic heterocycles. The molecule has 2 nitrogen and oxygen atoms in total. The predicted octanol–water partition coefficient (Wildman–Crippen LogP) is 2.23. The van der Waals surface area contributed by atoms with Crippen LogP contribution in [0.1, 0.15) is 5.56 Å². The van der Waals surface area contributed by atoms with E-state index in [0.717, 1.165) is 18.2 Å². The van der Waals surface area contributed by atoms with Crippen molar-refractivity contribution in [3.05, 3.63) is 29.6 Å². The average Bonchev–Trinajstić information content (AvgIpc) is 2.15. The number of hydrogen-bond donors (Lipinski definition) is 1. The molecule has 6 heteroatoms. The van der Waals surface area contributed by atoms with Crippen LogP contribution in [0.15, 0.2) is 18.2 Å². The molecule has 0 atom stereocenters. The molecule has 0 amide bonds. The molecule has 0 aliphatic heterocycles. The number of nitrogens with two attached hydrogens (primary N) is 1. The van der Waals surface area contributed by atoms with Gasteiger partial charge in [-0.2, -0.15) is 13.2 Å². The van der Waals surface area contributed by atoms with E-state index in [9.17, 15) is 17.6 Å². The molecule has 84 valence electrons. The Balaban J connectivity index is 2.70. The molecule has 0 saturated carbocycles. The summed E-state index contributed by atoms with van der Waals surface area (Å²) < 4.78 is 52.6. The van der Waals surface area contributed by atoms with E-state index in [0.29, 0.717) is 0 Å². The Hall–Kier alpha value is -1.30. The number of halogens is 4. The maximum atomic E-state index is 12.9. The summed E-state index contributed by atoms with van der Waals surface area (Å²) in [6.07, 6.45) is -4.41. The zero-order chi connectivity index (χ0) is 11.5. The third kappa shape index (κ3) is 3.75. The lowest BCUT2D eigenvalue weighted by atomic mass is 10.2. The van der Waals surface area contributed by atoms with Crippen LogP contribution in [0, 0.1) is 5.82 Å². The van der Waals surface area contributed by atoms with E-state index in [-0.39, 0.29) is 17.9 Å². The largest absolute Gasteiger partial charge is 0.484 e. The molecule has 0 aliphatic carbocycles. The standard InChI is InChI=1S/C9H9F4NO/c10-8-2-1-7(3-6(8)4-14)15-5-9(11,12)13/h1-3H,4-5,14H2. The van der Waals surface area contributed by atoms with Gasteiger partial charge >= 0.3 is 6.18 Å². The van der Waals surface area contributed by atoms with Crippen molar-refractivity contribution in [1.82, 2.24) is 0 Å². The fourth-order valence-electron chi connectivity index (χ4n) is 0.962. The van der Waals surface area contributed by atoms with E-state index in [4.69, 9.17) is 5.73 Å². The highest BCUT2D eigenvalue weighted by Crippen LogP contribution is 2.20. The molecular formula is C9H9F4NO. The van der Waals surface area contributed by atoms with E-state index in [1.165, 1.54) is 0 Å². The zero-order valence-corrected chi connectivity index (χ0v) is 7.64. The van der Waals surface area contributed by atoms with Gasteiger partial charge < -0.3 is 10.5 Å². The smallest absolute Gasteiger partial charge is 0.422 e. The minimum atomic E-state index is -4.41. The van der Waals surface area contributed by atoms with Gasteiger partial charge in [0.05, 0.1) is 0 Å². The van der Waals surface area contributed by atoms with Gasteiger partial charge in [-0.1, -0.05) is 0 Å². The quantitative estimate of drug-likeness (QED) is 0.797. The van der Waals surface area contributed by atoms with Gasteiger partial charge in [0.15, 0.2) is 6.61 Å². The van der Waals surface area contributed by atoms with Crippen molar-refractivity contribution in [2.75, 3.05) is 6.61 Å². The Kier molecular flexibility index (Phi) is 3.52. The van der Waals surface area contributed by atoms with Crippen LogP contribution < -0.4 is 10.5 Å². The van der Waals surface area contributed by atoms with Crippen LogP contribution in [0.3, 0.4) is 0 Å². The second kappa shape index (κ2) is 4.48. The van der Waals surface area contributed by atoms with Crippen molar-refractivity contribution in [2.45, 2.75) is 12.7 Å². The Bertz CT molecular complexity index is 337. The van der Waals surface area contributed by atoms with Gasteiger partial charge in [-0.05, 0) is 18.2 Å². The van der Waals surface area contributed by atoms with Gasteiger partial charge in [-0.3, -0.25) is 0 Å². The third-order valence-corrected chi connectivity index (χ3v) is 1.64. The first-order valence-corrected chi connectivity index (χ1v) is 4.10. The SMILES string of the molecule is NCc1cc(OCC(F)(F)F)ccc1F. The molecule has 1 aromatic rings. The molecule has 0 saturated heterocycles. The third-order valence-electron chi connectivity index (χ3n) is 1.64. The first kappa shape index (κ1) is 11.8. The Morgan fingerprint density at radius 3 is 2.47 bits per heavy atom. The van der Waals surface area contributed by atoms with Crippen LogP contribution in [0.2, 0.25) is 0 Å². The van der Waals surface area contributed by atoms with E-state index in [1.807, 2.05) is 0 Å². The maximum absolute atomic E-state index is 12.9. The number of hydrogen-bond acceptors (Lipinski definition) is 2. The van der Waals surface area contributed by atoms with Crippen molar-refractivity contribution < 1.29 is 22.3 Å². The van der Waals surface area contributed by atoms with E-state index >= 15 is 0 Å². The van der Waals surface area contributed by atoms with Crippen LogP contribution in [0.25, 0.3) is 0 Å². The second-order valence-electron chi connectivity index (χ2n) is 2.86. The number of alkyl halides is 3. The summed E-state index contributed by atoms with van der Waals surface area (Å²) >= 11 is 0. The zero-order valence-electron chi connectivity index (χ0n) is 7.64. The summed E-state index contributed by atoms with van der Waals surface area (Å²) in [5.74, 6) is -0.606. The maximum Gasteiger partial charge on any atom is 0.422 e. The molecule has 0 bridgehead atoms. The van der Waals surface area contributed by atoms with Gasteiger partial charge in [0, 0.05) is 12.1 Å². The van der Waals surface area contributed by atoms with E-state index in [1.54, 1.807) is 0 Å². The fourth-order valence-corrected chi connectivity index (χ4v) is 0.962. The minimum Gasteiger partial charge on any atom is -0.484 e. The summed E-state index contributed by atoms with van der Waals surface area (Å²) in [5.41, 5.74) is 5.30. The summed E-state index contributed by atoms with van der Waals surface area (Å²) in [6.45, 7) is -1.49. The molecule has 0 spiro atoms. The average molecular weight is 223 g/mol. The lowest BCUT2D eigenvalue weighted by molar-refractivity contribution is -0.153. The van der Waals surface area contributed by atoms with Crippen LogP contribution in [-0.2, 0) is 6.54 Å².